The van der Waals surface area contributed by atoms with Gasteiger partial charge in [0.25, 0.3) is 0 Å². The van der Waals surface area contributed by atoms with Crippen LogP contribution >= 0.6 is 23.5 Å². The maximum atomic E-state index is 2.42. The molecule has 12 heavy (non-hydrogen) atoms. The van der Waals surface area contributed by atoms with Crippen LogP contribution in [0.1, 0.15) is 13.8 Å². The van der Waals surface area contributed by atoms with E-state index in [2.05, 4.69) is 19.2 Å². The SMILES string of the molecule is CCSCC[NH2+]CCSCC.[Cl-]. The first-order valence-corrected chi connectivity index (χ1v) is 6.69. The lowest BCUT2D eigenvalue weighted by molar-refractivity contribution is -0.646. The van der Waals surface area contributed by atoms with E-state index in [1.165, 1.54) is 36.1 Å². The zero-order valence-electron chi connectivity index (χ0n) is 8.01. The molecule has 0 aliphatic heterocycles. The quantitative estimate of drug-likeness (QED) is 0.488. The molecular weight excluding hydrogens is 210 g/mol. The molecule has 4 heteroatoms. The van der Waals surface area contributed by atoms with Gasteiger partial charge in [0.15, 0.2) is 0 Å². The molecule has 0 fully saturated rings. The zero-order chi connectivity index (χ0) is 8.36. The molecule has 0 unspecified atom stereocenters. The third-order valence-corrected chi connectivity index (χ3v) is 3.21. The average molecular weight is 230 g/mol. The van der Waals surface area contributed by atoms with Crippen molar-refractivity contribution in [3.05, 3.63) is 0 Å². The van der Waals surface area contributed by atoms with Crippen LogP contribution in [0.4, 0.5) is 0 Å². The van der Waals surface area contributed by atoms with E-state index in [-0.39, 0.29) is 12.4 Å². The second-order valence-electron chi connectivity index (χ2n) is 2.26. The summed E-state index contributed by atoms with van der Waals surface area (Å²) in [6.45, 7) is 7.03. The third-order valence-electron chi connectivity index (χ3n) is 1.34. The Morgan fingerprint density at radius 3 is 1.67 bits per heavy atom. The van der Waals surface area contributed by atoms with E-state index in [4.69, 9.17) is 0 Å². The number of rotatable bonds is 8. The summed E-state index contributed by atoms with van der Waals surface area (Å²) in [5.74, 6) is 5.15. The summed E-state index contributed by atoms with van der Waals surface area (Å²) in [6.07, 6.45) is 0. The monoisotopic (exact) mass is 229 g/mol. The topological polar surface area (TPSA) is 16.6 Å². The predicted molar refractivity (Wildman–Crippen MR) is 57.7 cm³/mol. The molecule has 1 nitrogen and oxygen atoms in total. The highest BCUT2D eigenvalue weighted by Crippen LogP contribution is 1.94. The first-order chi connectivity index (χ1) is 5.41. The fourth-order valence-corrected chi connectivity index (χ4v) is 2.01. The van der Waals surface area contributed by atoms with Crippen LogP contribution in [0.5, 0.6) is 0 Å². The molecule has 0 aliphatic carbocycles. The highest BCUT2D eigenvalue weighted by atomic mass is 35.5. The fourth-order valence-electron chi connectivity index (χ4n) is 0.766. The van der Waals surface area contributed by atoms with Crippen LogP contribution in [0.2, 0.25) is 0 Å². The number of hydrogen-bond donors (Lipinski definition) is 1. The first-order valence-electron chi connectivity index (χ1n) is 4.39. The molecule has 0 aromatic rings. The molecule has 0 saturated heterocycles. The van der Waals surface area contributed by atoms with Gasteiger partial charge in [0.1, 0.15) is 0 Å². The number of thioether (sulfide) groups is 2. The second kappa shape index (κ2) is 14.5. The molecule has 0 aromatic heterocycles. The lowest BCUT2D eigenvalue weighted by atomic mass is 10.7. The molecule has 0 amide bonds. The van der Waals surface area contributed by atoms with Gasteiger partial charge in [-0.05, 0) is 11.5 Å². The molecule has 0 aliphatic rings. The van der Waals surface area contributed by atoms with Crippen LogP contribution in [0.25, 0.3) is 0 Å². The van der Waals surface area contributed by atoms with Crippen molar-refractivity contribution >= 4 is 23.5 Å². The highest BCUT2D eigenvalue weighted by Gasteiger charge is 1.90. The Kier molecular flexibility index (Phi) is 18.6. The highest BCUT2D eigenvalue weighted by molar-refractivity contribution is 7.99. The molecule has 76 valence electrons. The van der Waals surface area contributed by atoms with Crippen molar-refractivity contribution < 1.29 is 17.7 Å². The minimum Gasteiger partial charge on any atom is -1.00 e. The van der Waals surface area contributed by atoms with Gasteiger partial charge in [-0.15, -0.1) is 0 Å². The summed E-state index contributed by atoms with van der Waals surface area (Å²) in [6, 6.07) is 0. The van der Waals surface area contributed by atoms with Gasteiger partial charge in [0.2, 0.25) is 0 Å². The Balaban J connectivity index is 0. The molecule has 0 bridgehead atoms. The lowest BCUT2D eigenvalue weighted by Gasteiger charge is -1.99. The van der Waals surface area contributed by atoms with E-state index in [1.54, 1.807) is 0 Å². The molecular formula is C8H20ClNS2. The molecule has 0 saturated carbocycles. The molecule has 2 N–H and O–H groups in total. The Hall–Kier alpha value is 0.950. The first kappa shape index (κ1) is 15.4. The standard InChI is InChI=1S/C8H19NS2.ClH/c1-3-10-7-5-9-6-8-11-4-2;/h9H,3-8H2,1-2H3;1H. The van der Waals surface area contributed by atoms with E-state index in [0.717, 1.165) is 0 Å². The molecule has 0 atom stereocenters. The van der Waals surface area contributed by atoms with Crippen LogP contribution < -0.4 is 17.7 Å². The van der Waals surface area contributed by atoms with Crippen LogP contribution in [0, 0.1) is 0 Å². The Bertz CT molecular complexity index is 66.1. The molecule has 0 radical (unpaired) electrons. The summed E-state index contributed by atoms with van der Waals surface area (Å²) in [4.78, 5) is 0. The van der Waals surface area contributed by atoms with Crippen LogP contribution in [0.15, 0.2) is 0 Å². The van der Waals surface area contributed by atoms with Crippen molar-refractivity contribution in [1.82, 2.24) is 0 Å². The third kappa shape index (κ3) is 13.5. The zero-order valence-corrected chi connectivity index (χ0v) is 10.4. The lowest BCUT2D eigenvalue weighted by Crippen LogP contribution is -3.00. The van der Waals surface area contributed by atoms with Gasteiger partial charge in [-0.25, -0.2) is 0 Å². The van der Waals surface area contributed by atoms with Gasteiger partial charge >= 0.3 is 0 Å². The summed E-state index contributed by atoms with van der Waals surface area (Å²) in [5.41, 5.74) is 0. The molecule has 0 aromatic carbocycles. The number of halogens is 1. The maximum Gasteiger partial charge on any atom is 0.0847 e. The van der Waals surface area contributed by atoms with Gasteiger partial charge < -0.3 is 17.7 Å². The Morgan fingerprint density at radius 2 is 1.33 bits per heavy atom. The Morgan fingerprint density at radius 1 is 0.917 bits per heavy atom. The number of hydrogen-bond acceptors (Lipinski definition) is 2. The van der Waals surface area contributed by atoms with Gasteiger partial charge in [-0.3, -0.25) is 0 Å². The van der Waals surface area contributed by atoms with Crippen LogP contribution in [0.3, 0.4) is 0 Å². The Labute approximate surface area is 91.2 Å². The van der Waals surface area contributed by atoms with Gasteiger partial charge in [-0.1, -0.05) is 13.8 Å². The fraction of sp³-hybridized carbons (Fsp3) is 1.00. The summed E-state index contributed by atoms with van der Waals surface area (Å²) >= 11 is 4.07. The minimum absolute atomic E-state index is 0. The van der Waals surface area contributed by atoms with E-state index in [9.17, 15) is 0 Å². The van der Waals surface area contributed by atoms with Crippen molar-refractivity contribution in [1.29, 1.82) is 0 Å². The number of quaternary nitrogens is 1. The van der Waals surface area contributed by atoms with Crippen LogP contribution in [-0.4, -0.2) is 36.1 Å². The molecule has 0 heterocycles. The maximum absolute atomic E-state index is 2.42. The summed E-state index contributed by atoms with van der Waals surface area (Å²) in [7, 11) is 0. The van der Waals surface area contributed by atoms with E-state index in [0.29, 0.717) is 0 Å². The average Bonchev–Trinajstić information content (AvgIpc) is 2.03. The van der Waals surface area contributed by atoms with Crippen molar-refractivity contribution in [2.24, 2.45) is 0 Å². The predicted octanol–water partition coefficient (Wildman–Crippen LogP) is -1.94. The van der Waals surface area contributed by atoms with Crippen molar-refractivity contribution in [2.45, 2.75) is 13.8 Å². The number of nitrogens with two attached hydrogens (primary N) is 1. The van der Waals surface area contributed by atoms with Crippen molar-refractivity contribution in [2.75, 3.05) is 36.1 Å². The summed E-state index contributed by atoms with van der Waals surface area (Å²) < 4.78 is 0. The summed E-state index contributed by atoms with van der Waals surface area (Å²) in [5, 5.41) is 2.42. The largest absolute Gasteiger partial charge is 1.00 e. The van der Waals surface area contributed by atoms with Crippen molar-refractivity contribution in [3.8, 4) is 0 Å². The van der Waals surface area contributed by atoms with Crippen LogP contribution in [-0.2, 0) is 0 Å². The van der Waals surface area contributed by atoms with E-state index >= 15 is 0 Å². The molecule has 0 spiro atoms. The van der Waals surface area contributed by atoms with Gasteiger partial charge in [0.05, 0.1) is 13.1 Å². The van der Waals surface area contributed by atoms with Crippen molar-refractivity contribution in [3.63, 3.8) is 0 Å². The minimum atomic E-state index is 0. The van der Waals surface area contributed by atoms with Gasteiger partial charge in [-0.2, -0.15) is 23.5 Å². The van der Waals surface area contributed by atoms with E-state index < -0.39 is 0 Å². The van der Waals surface area contributed by atoms with E-state index in [1.807, 2.05) is 23.5 Å². The van der Waals surface area contributed by atoms with Gasteiger partial charge in [0, 0.05) is 11.5 Å². The molecule has 0 rings (SSSR count). The smallest absolute Gasteiger partial charge is 0.0847 e. The second-order valence-corrected chi connectivity index (χ2v) is 5.05. The normalized spacial score (nSPS) is 9.50.